The van der Waals surface area contributed by atoms with Crippen molar-refractivity contribution in [2.24, 2.45) is 5.92 Å². The number of benzene rings is 1. The fraction of sp³-hybridized carbons (Fsp3) is 0.538. The minimum Gasteiger partial charge on any atom is -0.485 e. The Morgan fingerprint density at radius 3 is 2.44 bits per heavy atom. The average Bonchev–Trinajstić information content (AvgIpc) is 2.34. The van der Waals surface area contributed by atoms with Crippen molar-refractivity contribution < 1.29 is 9.13 Å². The molecule has 5 heteroatoms. The summed E-state index contributed by atoms with van der Waals surface area (Å²) in [5.74, 6) is 0.0867. The van der Waals surface area contributed by atoms with Gasteiger partial charge in [-0.1, -0.05) is 18.5 Å². The van der Waals surface area contributed by atoms with Crippen molar-refractivity contribution in [1.29, 1.82) is 0 Å². The van der Waals surface area contributed by atoms with Gasteiger partial charge < -0.3 is 16.2 Å². The summed E-state index contributed by atoms with van der Waals surface area (Å²) in [5, 5.41) is -0.122. The molecule has 1 saturated carbocycles. The van der Waals surface area contributed by atoms with E-state index >= 15 is 0 Å². The zero-order chi connectivity index (χ0) is 13.3. The molecule has 18 heavy (non-hydrogen) atoms. The molecular formula is C13H18ClFN2O. The van der Waals surface area contributed by atoms with Gasteiger partial charge >= 0.3 is 0 Å². The molecule has 100 valence electrons. The number of hydrogen-bond donors (Lipinski definition) is 2. The van der Waals surface area contributed by atoms with Crippen LogP contribution in [0.4, 0.5) is 15.8 Å². The lowest BCUT2D eigenvalue weighted by atomic mass is 9.89. The van der Waals surface area contributed by atoms with Gasteiger partial charge in [0.25, 0.3) is 0 Å². The minimum atomic E-state index is -0.659. The molecule has 0 radical (unpaired) electrons. The number of nitrogens with two attached hydrogens (primary N) is 2. The highest BCUT2D eigenvalue weighted by molar-refractivity contribution is 6.33. The quantitative estimate of drug-likeness (QED) is 0.809. The molecule has 0 unspecified atom stereocenters. The van der Waals surface area contributed by atoms with Gasteiger partial charge in [-0.3, -0.25) is 0 Å². The highest BCUT2D eigenvalue weighted by Crippen LogP contribution is 2.37. The van der Waals surface area contributed by atoms with Gasteiger partial charge in [-0.15, -0.1) is 0 Å². The van der Waals surface area contributed by atoms with E-state index in [-0.39, 0.29) is 28.3 Å². The van der Waals surface area contributed by atoms with Crippen molar-refractivity contribution in [3.05, 3.63) is 16.9 Å². The van der Waals surface area contributed by atoms with Gasteiger partial charge in [0.2, 0.25) is 0 Å². The lowest BCUT2D eigenvalue weighted by Gasteiger charge is -2.27. The van der Waals surface area contributed by atoms with Crippen LogP contribution in [0.15, 0.2) is 6.07 Å². The van der Waals surface area contributed by atoms with E-state index in [1.807, 2.05) is 0 Å². The summed E-state index contributed by atoms with van der Waals surface area (Å²) in [4.78, 5) is 0. The van der Waals surface area contributed by atoms with Crippen molar-refractivity contribution in [2.45, 2.75) is 38.7 Å². The molecule has 1 aromatic carbocycles. The third-order valence-electron chi connectivity index (χ3n) is 3.47. The Bertz CT molecular complexity index is 445. The van der Waals surface area contributed by atoms with E-state index in [1.165, 1.54) is 6.07 Å². The zero-order valence-corrected chi connectivity index (χ0v) is 11.1. The predicted octanol–water partition coefficient (Wildman–Crippen LogP) is 3.60. The molecule has 0 bridgehead atoms. The van der Waals surface area contributed by atoms with Crippen molar-refractivity contribution in [1.82, 2.24) is 0 Å². The third kappa shape index (κ3) is 2.64. The van der Waals surface area contributed by atoms with E-state index in [1.54, 1.807) is 0 Å². The summed E-state index contributed by atoms with van der Waals surface area (Å²) in [7, 11) is 0. The van der Waals surface area contributed by atoms with E-state index < -0.39 is 5.82 Å². The molecule has 1 aliphatic rings. The molecule has 1 fully saturated rings. The fourth-order valence-corrected chi connectivity index (χ4v) is 2.42. The Labute approximate surface area is 111 Å². The third-order valence-corrected chi connectivity index (χ3v) is 3.85. The first-order valence-corrected chi connectivity index (χ1v) is 6.56. The average molecular weight is 273 g/mol. The first-order chi connectivity index (χ1) is 8.49. The summed E-state index contributed by atoms with van der Waals surface area (Å²) < 4.78 is 19.6. The van der Waals surface area contributed by atoms with Crippen LogP contribution in [0, 0.1) is 11.7 Å². The molecule has 0 heterocycles. The lowest BCUT2D eigenvalue weighted by molar-refractivity contribution is 0.131. The molecule has 1 aromatic rings. The highest BCUT2D eigenvalue weighted by Gasteiger charge is 2.23. The maximum absolute atomic E-state index is 13.9. The number of ether oxygens (including phenoxy) is 1. The van der Waals surface area contributed by atoms with Crippen LogP contribution < -0.4 is 16.2 Å². The van der Waals surface area contributed by atoms with Crippen LogP contribution in [0.25, 0.3) is 0 Å². The molecule has 0 atom stereocenters. The number of anilines is 2. The molecule has 0 spiro atoms. The fourth-order valence-electron chi connectivity index (χ4n) is 2.28. The molecule has 0 aromatic heterocycles. The van der Waals surface area contributed by atoms with Crippen LogP contribution in [-0.4, -0.2) is 6.10 Å². The van der Waals surface area contributed by atoms with Crippen LogP contribution in [0.3, 0.4) is 0 Å². The minimum absolute atomic E-state index is 0.0118. The van der Waals surface area contributed by atoms with Crippen molar-refractivity contribution in [3.8, 4) is 5.75 Å². The number of halogens is 2. The van der Waals surface area contributed by atoms with E-state index in [4.69, 9.17) is 27.8 Å². The van der Waals surface area contributed by atoms with Gasteiger partial charge in [0, 0.05) is 0 Å². The molecular weight excluding hydrogens is 255 g/mol. The molecule has 0 aliphatic heterocycles. The normalized spacial score (nSPS) is 23.9. The second-order valence-electron chi connectivity index (χ2n) is 5.01. The Morgan fingerprint density at radius 2 is 1.83 bits per heavy atom. The maximum Gasteiger partial charge on any atom is 0.187 e. The van der Waals surface area contributed by atoms with Gasteiger partial charge in [-0.2, -0.15) is 0 Å². The smallest absolute Gasteiger partial charge is 0.187 e. The van der Waals surface area contributed by atoms with E-state index in [2.05, 4.69) is 6.92 Å². The van der Waals surface area contributed by atoms with Gasteiger partial charge in [-0.25, -0.2) is 4.39 Å². The molecule has 1 aliphatic carbocycles. The highest BCUT2D eigenvalue weighted by atomic mass is 35.5. The summed E-state index contributed by atoms with van der Waals surface area (Å²) in [6, 6.07) is 1.44. The van der Waals surface area contributed by atoms with E-state index in [0.717, 1.165) is 25.7 Å². The van der Waals surface area contributed by atoms with Gasteiger partial charge in [0.05, 0.1) is 17.5 Å². The Kier molecular flexibility index (Phi) is 3.85. The van der Waals surface area contributed by atoms with E-state index in [0.29, 0.717) is 5.92 Å². The standard InChI is InChI=1S/C13H18ClFN2O/c1-7-2-4-8(5-3-7)18-13-10(17)6-9(16)11(14)12(13)15/h6-8H,2-5,16-17H2,1H3. The van der Waals surface area contributed by atoms with Gasteiger partial charge in [0.1, 0.15) is 5.02 Å². The maximum atomic E-state index is 13.9. The molecule has 0 amide bonds. The Hall–Kier alpha value is -1.16. The topological polar surface area (TPSA) is 61.3 Å². The Balaban J connectivity index is 2.16. The number of rotatable bonds is 2. The first-order valence-electron chi connectivity index (χ1n) is 6.18. The number of nitrogen functional groups attached to an aromatic ring is 2. The second kappa shape index (κ2) is 5.22. The van der Waals surface area contributed by atoms with Crippen LogP contribution in [0.5, 0.6) is 5.75 Å². The number of hydrogen-bond acceptors (Lipinski definition) is 3. The largest absolute Gasteiger partial charge is 0.485 e. The second-order valence-corrected chi connectivity index (χ2v) is 5.39. The van der Waals surface area contributed by atoms with Crippen molar-refractivity contribution in [2.75, 3.05) is 11.5 Å². The van der Waals surface area contributed by atoms with Crippen LogP contribution >= 0.6 is 11.6 Å². The molecule has 0 saturated heterocycles. The summed E-state index contributed by atoms with van der Waals surface area (Å²) in [5.41, 5.74) is 11.6. The molecule has 4 N–H and O–H groups in total. The summed E-state index contributed by atoms with van der Waals surface area (Å²) in [6.45, 7) is 2.21. The first kappa shape index (κ1) is 13.3. The van der Waals surface area contributed by atoms with Crippen LogP contribution in [0.2, 0.25) is 5.02 Å². The van der Waals surface area contributed by atoms with Crippen molar-refractivity contribution in [3.63, 3.8) is 0 Å². The lowest BCUT2D eigenvalue weighted by Crippen LogP contribution is -2.24. The molecule has 3 nitrogen and oxygen atoms in total. The van der Waals surface area contributed by atoms with Gasteiger partial charge in [0.15, 0.2) is 11.6 Å². The summed E-state index contributed by atoms with van der Waals surface area (Å²) in [6.07, 6.45) is 4.03. The molecule has 2 rings (SSSR count). The van der Waals surface area contributed by atoms with Gasteiger partial charge in [-0.05, 0) is 37.7 Å². The van der Waals surface area contributed by atoms with Crippen molar-refractivity contribution >= 4 is 23.0 Å². The van der Waals surface area contributed by atoms with E-state index in [9.17, 15) is 4.39 Å². The predicted molar refractivity (Wildman–Crippen MR) is 72.3 cm³/mol. The monoisotopic (exact) mass is 272 g/mol. The SMILES string of the molecule is CC1CCC(Oc2c(N)cc(N)c(Cl)c2F)CC1. The van der Waals surface area contributed by atoms with Crippen LogP contribution in [0.1, 0.15) is 32.6 Å². The zero-order valence-electron chi connectivity index (χ0n) is 10.4. The van der Waals surface area contributed by atoms with Crippen LogP contribution in [-0.2, 0) is 0 Å². The summed E-state index contributed by atoms with van der Waals surface area (Å²) >= 11 is 5.76. The Morgan fingerprint density at radius 1 is 1.22 bits per heavy atom.